The number of rotatable bonds is 8. The van der Waals surface area contributed by atoms with Crippen LogP contribution in [0.4, 0.5) is 5.69 Å². The van der Waals surface area contributed by atoms with Crippen molar-refractivity contribution in [3.8, 4) is 5.75 Å². The van der Waals surface area contributed by atoms with Crippen LogP contribution < -0.4 is 4.74 Å². The minimum Gasteiger partial charge on any atom is -0.493 e. The molecule has 1 saturated heterocycles. The second kappa shape index (κ2) is 9.14. The fraction of sp³-hybridized carbons (Fsp3) is 0.529. The summed E-state index contributed by atoms with van der Waals surface area (Å²) in [6.45, 7) is 4.92. The van der Waals surface area contributed by atoms with Crippen molar-refractivity contribution in [1.82, 2.24) is 9.80 Å². The SMILES string of the molecule is Cc1cc([N+](=O)[O-])ccc1OCCC(=O)N1CCN(CCC(=O)O)CC1. The zero-order valence-electron chi connectivity index (χ0n) is 14.7. The predicted molar refractivity (Wildman–Crippen MR) is 93.2 cm³/mol. The Kier molecular flexibility index (Phi) is 6.90. The van der Waals surface area contributed by atoms with Gasteiger partial charge in [0.05, 0.1) is 24.4 Å². The van der Waals surface area contributed by atoms with Gasteiger partial charge in [-0.1, -0.05) is 0 Å². The molecule has 0 spiro atoms. The zero-order chi connectivity index (χ0) is 19.1. The van der Waals surface area contributed by atoms with Gasteiger partial charge in [-0.3, -0.25) is 24.6 Å². The molecule has 1 aromatic carbocycles. The highest BCUT2D eigenvalue weighted by Gasteiger charge is 2.21. The van der Waals surface area contributed by atoms with Gasteiger partial charge < -0.3 is 14.7 Å². The first-order valence-corrected chi connectivity index (χ1v) is 8.46. The number of amides is 1. The maximum Gasteiger partial charge on any atom is 0.304 e. The number of ether oxygens (including phenoxy) is 1. The first-order valence-electron chi connectivity index (χ1n) is 8.46. The number of non-ortho nitro benzene ring substituents is 1. The monoisotopic (exact) mass is 365 g/mol. The van der Waals surface area contributed by atoms with E-state index in [1.807, 2.05) is 4.90 Å². The van der Waals surface area contributed by atoms with E-state index in [0.29, 0.717) is 44.0 Å². The molecule has 9 nitrogen and oxygen atoms in total. The number of aryl methyl sites for hydroxylation is 1. The van der Waals surface area contributed by atoms with E-state index in [0.717, 1.165) is 0 Å². The minimum absolute atomic E-state index is 0.00620. The quantitative estimate of drug-likeness (QED) is 0.545. The Balaban J connectivity index is 1.73. The number of carbonyl (C=O) groups is 2. The van der Waals surface area contributed by atoms with Gasteiger partial charge in [-0.15, -0.1) is 0 Å². The van der Waals surface area contributed by atoms with Crippen molar-refractivity contribution in [2.24, 2.45) is 0 Å². The molecule has 0 saturated carbocycles. The predicted octanol–water partition coefficient (Wildman–Crippen LogP) is 1.29. The number of nitro benzene ring substituents is 1. The summed E-state index contributed by atoms with van der Waals surface area (Å²) in [5.74, 6) is -0.300. The van der Waals surface area contributed by atoms with Crippen molar-refractivity contribution in [3.63, 3.8) is 0 Å². The Morgan fingerprint density at radius 2 is 1.92 bits per heavy atom. The molecule has 1 heterocycles. The lowest BCUT2D eigenvalue weighted by molar-refractivity contribution is -0.384. The number of hydrogen-bond donors (Lipinski definition) is 1. The van der Waals surface area contributed by atoms with Gasteiger partial charge in [0, 0.05) is 44.9 Å². The molecule has 0 bridgehead atoms. The molecule has 1 amide bonds. The zero-order valence-corrected chi connectivity index (χ0v) is 14.7. The van der Waals surface area contributed by atoms with Crippen molar-refractivity contribution in [2.75, 3.05) is 39.3 Å². The van der Waals surface area contributed by atoms with Crippen LogP contribution in [-0.4, -0.2) is 71.0 Å². The summed E-state index contributed by atoms with van der Waals surface area (Å²) >= 11 is 0. The first kappa shape index (κ1) is 19.6. The van der Waals surface area contributed by atoms with Gasteiger partial charge in [0.15, 0.2) is 0 Å². The largest absolute Gasteiger partial charge is 0.493 e. The number of aliphatic carboxylic acids is 1. The standard InChI is InChI=1S/C17H23N3O6/c1-13-12-14(20(24)25)2-3-15(13)26-11-5-16(21)19-9-7-18(8-10-19)6-4-17(22)23/h2-3,12H,4-11H2,1H3,(H,22,23). The highest BCUT2D eigenvalue weighted by Crippen LogP contribution is 2.23. The second-order valence-corrected chi connectivity index (χ2v) is 6.17. The average Bonchev–Trinajstić information content (AvgIpc) is 2.61. The number of carboxylic acid groups (broad SMARTS) is 1. The summed E-state index contributed by atoms with van der Waals surface area (Å²) in [4.78, 5) is 36.9. The van der Waals surface area contributed by atoms with E-state index in [4.69, 9.17) is 9.84 Å². The van der Waals surface area contributed by atoms with Crippen LogP contribution in [0.5, 0.6) is 5.75 Å². The first-order chi connectivity index (χ1) is 12.4. The molecular formula is C17H23N3O6. The summed E-state index contributed by atoms with van der Waals surface area (Å²) in [6, 6.07) is 4.35. The minimum atomic E-state index is -0.817. The summed E-state index contributed by atoms with van der Waals surface area (Å²) in [6.07, 6.45) is 0.335. The molecule has 1 aromatic rings. The Hall–Kier alpha value is -2.68. The van der Waals surface area contributed by atoms with Crippen molar-refractivity contribution in [3.05, 3.63) is 33.9 Å². The molecule has 0 radical (unpaired) electrons. The molecule has 2 rings (SSSR count). The third-order valence-corrected chi connectivity index (χ3v) is 4.31. The van der Waals surface area contributed by atoms with E-state index >= 15 is 0 Å². The van der Waals surface area contributed by atoms with Crippen LogP contribution in [-0.2, 0) is 9.59 Å². The van der Waals surface area contributed by atoms with Crippen LogP contribution >= 0.6 is 0 Å². The second-order valence-electron chi connectivity index (χ2n) is 6.17. The van der Waals surface area contributed by atoms with Crippen molar-refractivity contribution >= 4 is 17.6 Å². The number of carboxylic acids is 1. The summed E-state index contributed by atoms with van der Waals surface area (Å²) in [5, 5.41) is 19.4. The Morgan fingerprint density at radius 1 is 1.23 bits per heavy atom. The van der Waals surface area contributed by atoms with E-state index in [1.165, 1.54) is 12.1 Å². The smallest absolute Gasteiger partial charge is 0.304 e. The lowest BCUT2D eigenvalue weighted by atomic mass is 10.2. The highest BCUT2D eigenvalue weighted by molar-refractivity contribution is 5.76. The van der Waals surface area contributed by atoms with Gasteiger partial charge in [-0.2, -0.15) is 0 Å². The number of carbonyl (C=O) groups excluding carboxylic acids is 1. The third kappa shape index (κ3) is 5.69. The van der Waals surface area contributed by atoms with Gasteiger partial charge in [0.1, 0.15) is 5.75 Å². The third-order valence-electron chi connectivity index (χ3n) is 4.31. The van der Waals surface area contributed by atoms with Gasteiger partial charge in [0.25, 0.3) is 5.69 Å². The average molecular weight is 365 g/mol. The molecule has 1 aliphatic rings. The molecule has 9 heteroatoms. The number of nitrogens with zero attached hydrogens (tertiary/aromatic N) is 3. The van der Waals surface area contributed by atoms with Crippen LogP contribution in [0.25, 0.3) is 0 Å². The van der Waals surface area contributed by atoms with Crippen LogP contribution in [0.15, 0.2) is 18.2 Å². The van der Waals surface area contributed by atoms with Crippen LogP contribution in [0.3, 0.4) is 0 Å². The van der Waals surface area contributed by atoms with E-state index in [9.17, 15) is 19.7 Å². The van der Waals surface area contributed by atoms with Gasteiger partial charge >= 0.3 is 5.97 Å². The van der Waals surface area contributed by atoms with E-state index in [-0.39, 0.29) is 31.0 Å². The Morgan fingerprint density at radius 3 is 2.50 bits per heavy atom. The molecular weight excluding hydrogens is 342 g/mol. The maximum atomic E-state index is 12.2. The van der Waals surface area contributed by atoms with Gasteiger partial charge in [0.2, 0.25) is 5.91 Å². The number of piperazine rings is 1. The summed E-state index contributed by atoms with van der Waals surface area (Å²) < 4.78 is 5.57. The molecule has 0 unspecified atom stereocenters. The van der Waals surface area contributed by atoms with Crippen LogP contribution in [0.1, 0.15) is 18.4 Å². The topological polar surface area (TPSA) is 113 Å². The van der Waals surface area contributed by atoms with Crippen molar-refractivity contribution in [2.45, 2.75) is 19.8 Å². The van der Waals surface area contributed by atoms with Gasteiger partial charge in [-0.05, 0) is 18.6 Å². The molecule has 1 N–H and O–H groups in total. The maximum absolute atomic E-state index is 12.2. The number of nitro groups is 1. The fourth-order valence-corrected chi connectivity index (χ4v) is 2.79. The Bertz CT molecular complexity index is 670. The summed E-state index contributed by atoms with van der Waals surface area (Å²) in [5.41, 5.74) is 0.658. The fourth-order valence-electron chi connectivity index (χ4n) is 2.79. The van der Waals surface area contributed by atoms with E-state index in [2.05, 4.69) is 0 Å². The molecule has 0 aromatic heterocycles. The van der Waals surface area contributed by atoms with Crippen LogP contribution in [0.2, 0.25) is 0 Å². The number of hydrogen-bond acceptors (Lipinski definition) is 6. The van der Waals surface area contributed by atoms with Crippen LogP contribution in [0, 0.1) is 17.0 Å². The molecule has 1 aliphatic heterocycles. The van der Waals surface area contributed by atoms with E-state index in [1.54, 1.807) is 17.9 Å². The molecule has 26 heavy (non-hydrogen) atoms. The lowest BCUT2D eigenvalue weighted by Crippen LogP contribution is -2.49. The van der Waals surface area contributed by atoms with Crippen molar-refractivity contribution in [1.29, 1.82) is 0 Å². The Labute approximate surface area is 151 Å². The number of benzene rings is 1. The summed E-state index contributed by atoms with van der Waals surface area (Å²) in [7, 11) is 0. The van der Waals surface area contributed by atoms with Gasteiger partial charge in [-0.25, -0.2) is 0 Å². The lowest BCUT2D eigenvalue weighted by Gasteiger charge is -2.34. The molecule has 0 atom stereocenters. The highest BCUT2D eigenvalue weighted by atomic mass is 16.6. The molecule has 0 aliphatic carbocycles. The molecule has 1 fully saturated rings. The van der Waals surface area contributed by atoms with E-state index < -0.39 is 10.9 Å². The molecule has 142 valence electrons. The van der Waals surface area contributed by atoms with Crippen molar-refractivity contribution < 1.29 is 24.4 Å². The normalized spacial score (nSPS) is 14.9.